The van der Waals surface area contributed by atoms with Gasteiger partial charge in [0.15, 0.2) is 12.3 Å². The van der Waals surface area contributed by atoms with Crippen molar-refractivity contribution in [3.63, 3.8) is 0 Å². The third-order valence-corrected chi connectivity index (χ3v) is 10.3. The molecule has 0 spiro atoms. The molecule has 1 aliphatic carbocycles. The summed E-state index contributed by atoms with van der Waals surface area (Å²) in [5.41, 5.74) is 6.93. The van der Waals surface area contributed by atoms with Crippen LogP contribution < -0.4 is 10.6 Å². The third-order valence-electron chi connectivity index (χ3n) is 10.3. The molecule has 0 bridgehead atoms. The summed E-state index contributed by atoms with van der Waals surface area (Å²) in [6, 6.07) is 42.2. The molecule has 12 heteroatoms. The Morgan fingerprint density at radius 1 is 0.644 bits per heavy atom. The van der Waals surface area contributed by atoms with Crippen LogP contribution in [-0.2, 0) is 57.8 Å². The molecule has 1 saturated heterocycles. The van der Waals surface area contributed by atoms with Crippen molar-refractivity contribution in [3.8, 4) is 11.1 Å². The lowest BCUT2D eigenvalue weighted by atomic mass is 9.95. The van der Waals surface area contributed by atoms with E-state index < -0.39 is 61.3 Å². The summed E-state index contributed by atoms with van der Waals surface area (Å²) in [6.45, 7) is 1.54. The maximum Gasteiger partial charge on any atom is 0.407 e. The summed E-state index contributed by atoms with van der Waals surface area (Å²) in [6.07, 6.45) is -4.59. The standard InChI is InChI=1S/C47H48N2O10/c1-31(50)48-42-44(56-27-34-19-9-4-10-20-34)43(55-26-33-17-7-3-8-18-33)41(30-54-25-32-15-5-2-6-16-32)59-46(42)57-29-40(45(51)52)49-47(53)58-28-39-37-23-13-11-21-35(37)36-22-12-14-24-38(36)39/h2-24,39-44,46H,25-30H2,1H3,(H,48,50)(H,49,53)(H,51,52)/t40-,41+,42+,43-,44+,46-/m0/s1. The highest BCUT2D eigenvalue weighted by Gasteiger charge is 2.49. The topological polar surface area (TPSA) is 151 Å². The summed E-state index contributed by atoms with van der Waals surface area (Å²) in [4.78, 5) is 38.6. The zero-order valence-electron chi connectivity index (χ0n) is 32.7. The van der Waals surface area contributed by atoms with Gasteiger partial charge in [-0.05, 0) is 38.9 Å². The van der Waals surface area contributed by atoms with Crippen LogP contribution in [0, 0.1) is 0 Å². The minimum absolute atomic E-state index is 0.00113. The molecule has 6 atom stereocenters. The lowest BCUT2D eigenvalue weighted by molar-refractivity contribution is -0.291. The predicted octanol–water partition coefficient (Wildman–Crippen LogP) is 6.61. The number of benzene rings is 5. The van der Waals surface area contributed by atoms with Crippen molar-refractivity contribution in [2.75, 3.05) is 19.8 Å². The molecule has 12 nitrogen and oxygen atoms in total. The van der Waals surface area contributed by atoms with Crippen LogP contribution in [0.1, 0.15) is 40.7 Å². The van der Waals surface area contributed by atoms with Crippen molar-refractivity contribution in [2.45, 2.75) is 69.3 Å². The van der Waals surface area contributed by atoms with Crippen LogP contribution in [0.2, 0.25) is 0 Å². The number of aliphatic carboxylic acids is 1. The van der Waals surface area contributed by atoms with Gasteiger partial charge >= 0.3 is 12.1 Å². The van der Waals surface area contributed by atoms with Crippen LogP contribution in [0.25, 0.3) is 11.1 Å². The number of rotatable bonds is 18. The number of hydrogen-bond acceptors (Lipinski definition) is 9. The molecule has 7 rings (SSSR count). The van der Waals surface area contributed by atoms with Gasteiger partial charge in [-0.2, -0.15) is 0 Å². The Kier molecular flexibility index (Phi) is 14.1. The molecular weight excluding hydrogens is 753 g/mol. The third kappa shape index (κ3) is 10.8. The van der Waals surface area contributed by atoms with E-state index in [4.69, 9.17) is 28.4 Å². The molecule has 0 unspecified atom stereocenters. The first-order valence-electron chi connectivity index (χ1n) is 19.6. The maximum atomic E-state index is 13.2. The number of carbonyl (C=O) groups excluding carboxylic acids is 2. The summed E-state index contributed by atoms with van der Waals surface area (Å²) in [5.74, 6) is -1.96. The SMILES string of the molecule is CC(=O)N[C@H]1[C@@H](OC[C@H](NC(=O)OCC2c3ccccc3-c3ccccc32)C(=O)O)O[C@H](COCc2ccccc2)[C@H](OCc2ccccc2)[C@@H]1OCc1ccccc1. The van der Waals surface area contributed by atoms with Crippen LogP contribution in [0.4, 0.5) is 4.79 Å². The van der Waals surface area contributed by atoms with E-state index >= 15 is 0 Å². The second-order valence-electron chi connectivity index (χ2n) is 14.5. The van der Waals surface area contributed by atoms with E-state index in [-0.39, 0.29) is 39.0 Å². The smallest absolute Gasteiger partial charge is 0.407 e. The second kappa shape index (κ2) is 20.2. The average molecular weight is 801 g/mol. The van der Waals surface area contributed by atoms with Gasteiger partial charge in [0, 0.05) is 12.8 Å². The summed E-state index contributed by atoms with van der Waals surface area (Å²) >= 11 is 0. The fourth-order valence-electron chi connectivity index (χ4n) is 7.52. The fraction of sp³-hybridized carbons (Fsp3) is 0.298. The van der Waals surface area contributed by atoms with Crippen molar-refractivity contribution in [1.82, 2.24) is 10.6 Å². The fourth-order valence-corrected chi connectivity index (χ4v) is 7.52. The minimum Gasteiger partial charge on any atom is -0.480 e. The Balaban J connectivity index is 1.09. The van der Waals surface area contributed by atoms with Gasteiger partial charge in [0.1, 0.15) is 31.0 Å². The van der Waals surface area contributed by atoms with Crippen molar-refractivity contribution in [2.24, 2.45) is 0 Å². The molecule has 2 amide bonds. The van der Waals surface area contributed by atoms with E-state index in [1.165, 1.54) is 6.92 Å². The van der Waals surface area contributed by atoms with Crippen molar-refractivity contribution in [1.29, 1.82) is 0 Å². The second-order valence-corrected chi connectivity index (χ2v) is 14.5. The molecule has 306 valence electrons. The Hall–Kier alpha value is -5.89. The largest absolute Gasteiger partial charge is 0.480 e. The van der Waals surface area contributed by atoms with Crippen molar-refractivity contribution < 1.29 is 47.9 Å². The molecule has 3 N–H and O–H groups in total. The average Bonchev–Trinajstić information content (AvgIpc) is 3.58. The Bertz CT molecular complexity index is 2090. The van der Waals surface area contributed by atoms with Gasteiger partial charge in [0.2, 0.25) is 5.91 Å². The van der Waals surface area contributed by atoms with E-state index in [2.05, 4.69) is 10.6 Å². The van der Waals surface area contributed by atoms with E-state index in [1.807, 2.05) is 140 Å². The first kappa shape index (κ1) is 41.3. The number of nitrogens with one attached hydrogen (secondary N) is 2. The summed E-state index contributed by atoms with van der Waals surface area (Å²) in [7, 11) is 0. The summed E-state index contributed by atoms with van der Waals surface area (Å²) in [5, 5.41) is 15.6. The van der Waals surface area contributed by atoms with Gasteiger partial charge in [-0.15, -0.1) is 0 Å². The zero-order valence-corrected chi connectivity index (χ0v) is 32.7. The van der Waals surface area contributed by atoms with Gasteiger partial charge in [0.05, 0.1) is 33.0 Å². The minimum atomic E-state index is -1.53. The zero-order chi connectivity index (χ0) is 41.0. The normalized spacial score (nSPS) is 20.2. The highest BCUT2D eigenvalue weighted by molar-refractivity contribution is 5.81. The van der Waals surface area contributed by atoms with E-state index in [1.54, 1.807) is 0 Å². The first-order chi connectivity index (χ1) is 28.8. The molecule has 0 radical (unpaired) electrons. The predicted molar refractivity (Wildman–Crippen MR) is 218 cm³/mol. The van der Waals surface area contributed by atoms with Crippen molar-refractivity contribution >= 4 is 18.0 Å². The molecule has 2 aliphatic rings. The Labute approximate surface area is 343 Å². The van der Waals surface area contributed by atoms with Gasteiger partial charge < -0.3 is 44.2 Å². The number of carbonyl (C=O) groups is 3. The quantitative estimate of drug-likeness (QED) is 0.0884. The van der Waals surface area contributed by atoms with Crippen LogP contribution in [0.3, 0.4) is 0 Å². The lowest BCUT2D eigenvalue weighted by Gasteiger charge is -2.46. The molecule has 5 aromatic rings. The van der Waals surface area contributed by atoms with Gasteiger partial charge in [-0.1, -0.05) is 140 Å². The molecule has 0 aromatic heterocycles. The van der Waals surface area contributed by atoms with E-state index in [0.717, 1.165) is 38.9 Å². The summed E-state index contributed by atoms with van der Waals surface area (Å²) < 4.78 is 37.7. The molecule has 5 aromatic carbocycles. The van der Waals surface area contributed by atoms with E-state index in [0.29, 0.717) is 0 Å². The number of ether oxygens (including phenoxy) is 6. The Morgan fingerprint density at radius 3 is 1.69 bits per heavy atom. The first-order valence-corrected chi connectivity index (χ1v) is 19.6. The molecule has 1 heterocycles. The monoisotopic (exact) mass is 800 g/mol. The molecule has 0 saturated carbocycles. The number of carboxylic acid groups (broad SMARTS) is 1. The van der Waals surface area contributed by atoms with Gasteiger partial charge in [0.25, 0.3) is 0 Å². The molecule has 1 aliphatic heterocycles. The van der Waals surface area contributed by atoms with Crippen LogP contribution in [-0.4, -0.2) is 79.6 Å². The van der Waals surface area contributed by atoms with Crippen LogP contribution in [0.15, 0.2) is 140 Å². The number of carboxylic acids is 1. The van der Waals surface area contributed by atoms with Crippen molar-refractivity contribution in [3.05, 3.63) is 167 Å². The maximum absolute atomic E-state index is 13.2. The molecule has 1 fully saturated rings. The molecular formula is C47H48N2O10. The number of hydrogen-bond donors (Lipinski definition) is 3. The van der Waals surface area contributed by atoms with E-state index in [9.17, 15) is 19.5 Å². The number of fused-ring (bicyclic) bond motifs is 3. The van der Waals surface area contributed by atoms with Gasteiger partial charge in [-0.3, -0.25) is 4.79 Å². The lowest BCUT2D eigenvalue weighted by Crippen LogP contribution is -2.66. The Morgan fingerprint density at radius 2 is 1.15 bits per heavy atom. The number of amides is 2. The molecule has 59 heavy (non-hydrogen) atoms. The van der Waals surface area contributed by atoms with Crippen LogP contribution >= 0.6 is 0 Å². The highest BCUT2D eigenvalue weighted by atomic mass is 16.7. The van der Waals surface area contributed by atoms with Crippen LogP contribution in [0.5, 0.6) is 0 Å². The highest BCUT2D eigenvalue weighted by Crippen LogP contribution is 2.44. The van der Waals surface area contributed by atoms with Gasteiger partial charge in [-0.25, -0.2) is 9.59 Å². The number of alkyl carbamates (subject to hydrolysis) is 1.